The number of halogens is 2. The molecule has 0 spiro atoms. The maximum Gasteiger partial charge on any atom is 0.321 e. The van der Waals surface area contributed by atoms with Crippen molar-refractivity contribution in [3.05, 3.63) is 35.9 Å². The summed E-state index contributed by atoms with van der Waals surface area (Å²) in [4.78, 5) is 11.3. The number of carbonyl (C=O) groups excluding carboxylic acids is 1. The molecule has 0 aliphatic carbocycles. The van der Waals surface area contributed by atoms with Crippen molar-refractivity contribution in [1.82, 2.24) is 0 Å². The van der Waals surface area contributed by atoms with E-state index in [1.807, 2.05) is 30.3 Å². The number of benzene rings is 1. The summed E-state index contributed by atoms with van der Waals surface area (Å²) in [6.07, 6.45) is 1.93. The van der Waals surface area contributed by atoms with Crippen LogP contribution in [0.3, 0.4) is 0 Å². The molecular formula is C13H16Br2O2. The molecule has 0 bridgehead atoms. The summed E-state index contributed by atoms with van der Waals surface area (Å²) in [6, 6.07) is 9.81. The van der Waals surface area contributed by atoms with Gasteiger partial charge in [0.2, 0.25) is 0 Å². The number of hydrogen-bond donors (Lipinski definition) is 0. The molecule has 0 unspecified atom stereocenters. The number of alkyl halides is 2. The molecule has 0 aliphatic heterocycles. The van der Waals surface area contributed by atoms with E-state index in [2.05, 4.69) is 38.8 Å². The summed E-state index contributed by atoms with van der Waals surface area (Å²) < 4.78 is 5.17. The molecule has 0 fully saturated rings. The molecule has 94 valence electrons. The lowest BCUT2D eigenvalue weighted by atomic mass is 10.1. The van der Waals surface area contributed by atoms with Crippen molar-refractivity contribution in [3.8, 4) is 0 Å². The van der Waals surface area contributed by atoms with Crippen LogP contribution in [0.5, 0.6) is 0 Å². The molecule has 0 aromatic heterocycles. The highest BCUT2D eigenvalue weighted by atomic mass is 79.9. The van der Waals surface area contributed by atoms with Crippen LogP contribution in [-0.4, -0.2) is 17.4 Å². The van der Waals surface area contributed by atoms with E-state index in [1.165, 1.54) is 0 Å². The molecule has 1 rings (SSSR count). The lowest BCUT2D eigenvalue weighted by Crippen LogP contribution is -2.22. The third-order valence-corrected chi connectivity index (χ3v) is 5.01. The first kappa shape index (κ1) is 14.7. The van der Waals surface area contributed by atoms with Gasteiger partial charge in [0.05, 0.1) is 11.4 Å². The predicted molar refractivity (Wildman–Crippen MR) is 76.7 cm³/mol. The number of ether oxygens (including phenoxy) is 1. The molecule has 0 N–H and O–H groups in total. The number of carbonyl (C=O) groups is 1. The van der Waals surface area contributed by atoms with Gasteiger partial charge in [-0.1, -0.05) is 75.5 Å². The Kier molecular flexibility index (Phi) is 6.82. The SMILES string of the molecule is CCCCOC(=O)[C@@H](Br)[C@@H](Br)c1ccccc1. The second-order valence-electron chi connectivity index (χ2n) is 3.74. The highest BCUT2D eigenvalue weighted by Gasteiger charge is 2.26. The minimum atomic E-state index is -0.359. The largest absolute Gasteiger partial charge is 0.465 e. The molecule has 4 heteroatoms. The van der Waals surface area contributed by atoms with Crippen LogP contribution < -0.4 is 0 Å². The third kappa shape index (κ3) is 4.80. The Bertz CT molecular complexity index is 341. The second-order valence-corrected chi connectivity index (χ2v) is 5.71. The van der Waals surface area contributed by atoms with Crippen LogP contribution in [0.4, 0.5) is 0 Å². The number of hydrogen-bond acceptors (Lipinski definition) is 2. The van der Waals surface area contributed by atoms with Gasteiger partial charge in [-0.15, -0.1) is 0 Å². The van der Waals surface area contributed by atoms with E-state index in [4.69, 9.17) is 4.74 Å². The maximum absolute atomic E-state index is 11.7. The smallest absolute Gasteiger partial charge is 0.321 e. The fraction of sp³-hybridized carbons (Fsp3) is 0.462. The van der Waals surface area contributed by atoms with Gasteiger partial charge in [-0.2, -0.15) is 0 Å². The van der Waals surface area contributed by atoms with E-state index in [9.17, 15) is 4.79 Å². The molecule has 0 saturated carbocycles. The van der Waals surface area contributed by atoms with Crippen molar-refractivity contribution in [2.75, 3.05) is 6.61 Å². The Hall–Kier alpha value is -0.350. The van der Waals surface area contributed by atoms with Crippen molar-refractivity contribution >= 4 is 37.8 Å². The van der Waals surface area contributed by atoms with E-state index >= 15 is 0 Å². The maximum atomic E-state index is 11.7. The normalized spacial score (nSPS) is 14.1. The average molecular weight is 364 g/mol. The van der Waals surface area contributed by atoms with E-state index in [-0.39, 0.29) is 15.6 Å². The third-order valence-electron chi connectivity index (χ3n) is 2.34. The molecular weight excluding hydrogens is 348 g/mol. The molecule has 2 nitrogen and oxygen atoms in total. The number of esters is 1. The minimum absolute atomic E-state index is 0.0715. The Morgan fingerprint density at radius 3 is 2.53 bits per heavy atom. The molecule has 17 heavy (non-hydrogen) atoms. The van der Waals surface area contributed by atoms with Crippen LogP contribution in [0.15, 0.2) is 30.3 Å². The van der Waals surface area contributed by atoms with Crippen LogP contribution in [0.1, 0.15) is 30.2 Å². The highest BCUT2D eigenvalue weighted by molar-refractivity contribution is 9.12. The minimum Gasteiger partial charge on any atom is -0.465 e. The molecule has 1 aromatic rings. The summed E-state index contributed by atoms with van der Waals surface area (Å²) >= 11 is 6.89. The number of unbranched alkanes of at least 4 members (excludes halogenated alkanes) is 1. The lowest BCUT2D eigenvalue weighted by Gasteiger charge is -2.16. The van der Waals surface area contributed by atoms with Gasteiger partial charge < -0.3 is 4.74 Å². The molecule has 0 aliphatic rings. The molecule has 0 saturated heterocycles. The van der Waals surface area contributed by atoms with Crippen molar-refractivity contribution in [2.24, 2.45) is 0 Å². The van der Waals surface area contributed by atoms with Gasteiger partial charge in [-0.25, -0.2) is 0 Å². The van der Waals surface area contributed by atoms with E-state index in [1.54, 1.807) is 0 Å². The Balaban J connectivity index is 2.51. The predicted octanol–water partition coefficient (Wildman–Crippen LogP) is 4.23. The van der Waals surface area contributed by atoms with Gasteiger partial charge in [0.15, 0.2) is 0 Å². The summed E-state index contributed by atoms with van der Waals surface area (Å²) in [7, 11) is 0. The molecule has 2 atom stereocenters. The van der Waals surface area contributed by atoms with Crippen LogP contribution in [-0.2, 0) is 9.53 Å². The van der Waals surface area contributed by atoms with Crippen molar-refractivity contribution < 1.29 is 9.53 Å². The zero-order valence-electron chi connectivity index (χ0n) is 9.74. The Morgan fingerprint density at radius 1 is 1.29 bits per heavy atom. The summed E-state index contributed by atoms with van der Waals surface area (Å²) in [6.45, 7) is 2.56. The van der Waals surface area contributed by atoms with E-state index in [0.717, 1.165) is 18.4 Å². The molecule has 0 heterocycles. The highest BCUT2D eigenvalue weighted by Crippen LogP contribution is 2.31. The monoisotopic (exact) mass is 362 g/mol. The zero-order valence-corrected chi connectivity index (χ0v) is 12.9. The first-order chi connectivity index (χ1) is 8.16. The van der Waals surface area contributed by atoms with Gasteiger partial charge in [-0.05, 0) is 12.0 Å². The lowest BCUT2D eigenvalue weighted by molar-refractivity contribution is -0.142. The van der Waals surface area contributed by atoms with Crippen LogP contribution in [0.25, 0.3) is 0 Å². The summed E-state index contributed by atoms with van der Waals surface area (Å²) in [5.41, 5.74) is 1.06. The Morgan fingerprint density at radius 2 is 1.94 bits per heavy atom. The first-order valence-corrected chi connectivity index (χ1v) is 7.49. The van der Waals surface area contributed by atoms with Crippen LogP contribution in [0.2, 0.25) is 0 Å². The van der Waals surface area contributed by atoms with Crippen molar-refractivity contribution in [2.45, 2.75) is 29.4 Å². The van der Waals surface area contributed by atoms with Crippen LogP contribution >= 0.6 is 31.9 Å². The molecule has 0 radical (unpaired) electrons. The molecule has 0 amide bonds. The van der Waals surface area contributed by atoms with E-state index < -0.39 is 0 Å². The van der Waals surface area contributed by atoms with Gasteiger partial charge >= 0.3 is 5.97 Å². The van der Waals surface area contributed by atoms with Gasteiger partial charge in [-0.3, -0.25) is 4.79 Å². The number of rotatable bonds is 6. The second kappa shape index (κ2) is 7.88. The fourth-order valence-electron chi connectivity index (χ4n) is 1.32. The van der Waals surface area contributed by atoms with Gasteiger partial charge in [0.1, 0.15) is 4.83 Å². The van der Waals surface area contributed by atoms with Gasteiger partial charge in [0.25, 0.3) is 0 Å². The van der Waals surface area contributed by atoms with Crippen molar-refractivity contribution in [3.63, 3.8) is 0 Å². The summed E-state index contributed by atoms with van der Waals surface area (Å²) in [5, 5.41) is 0. The first-order valence-electron chi connectivity index (χ1n) is 5.66. The van der Waals surface area contributed by atoms with Gasteiger partial charge in [0, 0.05) is 0 Å². The standard InChI is InChI=1S/C13H16Br2O2/c1-2-3-9-17-13(16)12(15)11(14)10-7-5-4-6-8-10/h4-8,11-12H,2-3,9H2,1H3/t11-,12-/m0/s1. The van der Waals surface area contributed by atoms with Crippen molar-refractivity contribution in [1.29, 1.82) is 0 Å². The zero-order chi connectivity index (χ0) is 12.7. The summed E-state index contributed by atoms with van der Waals surface area (Å²) in [5.74, 6) is -0.218. The van der Waals surface area contributed by atoms with Crippen LogP contribution in [0, 0.1) is 0 Å². The average Bonchev–Trinajstić information content (AvgIpc) is 2.38. The fourth-order valence-corrected chi connectivity index (χ4v) is 2.28. The van der Waals surface area contributed by atoms with E-state index in [0.29, 0.717) is 6.61 Å². The Labute approximate surface area is 119 Å². The topological polar surface area (TPSA) is 26.3 Å². The molecule has 1 aromatic carbocycles. The quantitative estimate of drug-likeness (QED) is 0.429.